The van der Waals surface area contributed by atoms with Crippen LogP contribution >= 0.6 is 24.8 Å². The molecule has 548 valence electrons. The molecule has 6 amide bonds. The van der Waals surface area contributed by atoms with Gasteiger partial charge in [0, 0.05) is 43.2 Å². The molecule has 1 aromatic heterocycles. The number of carbonyl (C=O) groups excluding carboxylic acids is 7. The van der Waals surface area contributed by atoms with Crippen LogP contribution in [0.4, 0.5) is 36.2 Å². The number of fused-ring (bicyclic) bond motifs is 5. The highest BCUT2D eigenvalue weighted by Crippen LogP contribution is 2.36. The van der Waals surface area contributed by atoms with Gasteiger partial charge in [-0.05, 0) is 260 Å². The molecule has 2 aliphatic carbocycles. The molecule has 0 fully saturated rings. The molecule has 0 saturated carbocycles. The van der Waals surface area contributed by atoms with Gasteiger partial charge in [-0.1, -0.05) is 42.5 Å². The average molecular weight is 1440 g/mol. The fourth-order valence-electron chi connectivity index (χ4n) is 12.0. The highest BCUT2D eigenvalue weighted by atomic mass is 35.5. The van der Waals surface area contributed by atoms with E-state index < -0.39 is 52.6 Å². The van der Waals surface area contributed by atoms with Crippen molar-refractivity contribution in [3.63, 3.8) is 0 Å². The maximum atomic E-state index is 12.6. The Labute approximate surface area is 604 Å². The summed E-state index contributed by atoms with van der Waals surface area (Å²) >= 11 is 0. The summed E-state index contributed by atoms with van der Waals surface area (Å²) in [6, 6.07) is 27.7. The Morgan fingerprint density at radius 1 is 0.455 bits per heavy atom. The van der Waals surface area contributed by atoms with Gasteiger partial charge in [-0.15, -0.1) is 35.0 Å². The van der Waals surface area contributed by atoms with E-state index >= 15 is 0 Å². The predicted molar refractivity (Wildman–Crippen MR) is 391 cm³/mol. The van der Waals surface area contributed by atoms with Gasteiger partial charge < -0.3 is 33.2 Å². The monoisotopic (exact) mass is 1440 g/mol. The van der Waals surface area contributed by atoms with Crippen molar-refractivity contribution < 1.29 is 71.6 Å². The summed E-state index contributed by atoms with van der Waals surface area (Å²) in [6.45, 7) is 25.0. The van der Waals surface area contributed by atoms with Crippen LogP contribution < -0.4 is 36.8 Å². The minimum atomic E-state index is -0.965. The van der Waals surface area contributed by atoms with E-state index in [0.29, 0.717) is 78.7 Å². The summed E-state index contributed by atoms with van der Waals surface area (Å²) in [5.74, 6) is 4.43. The Morgan fingerprint density at radius 2 is 0.832 bits per heavy atom. The first-order valence-electron chi connectivity index (χ1n) is 33.7. The third kappa shape index (κ3) is 23.4. The summed E-state index contributed by atoms with van der Waals surface area (Å²) in [5, 5.41) is 17.2. The molecule has 0 unspecified atom stereocenters. The summed E-state index contributed by atoms with van der Waals surface area (Å²) in [4.78, 5) is 101. The number of aromatic nitrogens is 2. The lowest BCUT2D eigenvalue weighted by Crippen LogP contribution is -2.45. The molecular formula is C75H99Cl2N9O15. The van der Waals surface area contributed by atoms with Gasteiger partial charge in [0.05, 0.1) is 35.3 Å². The number of nitrogens with two attached hydrogens (primary N) is 1. The third-order valence-corrected chi connectivity index (χ3v) is 16.1. The number of halogens is 2. The zero-order chi connectivity index (χ0) is 72.6. The maximum Gasteiger partial charge on any atom is 0.426 e. The molecule has 6 aromatic rings. The van der Waals surface area contributed by atoms with Crippen molar-refractivity contribution in [2.45, 2.75) is 202 Å². The van der Waals surface area contributed by atoms with Crippen LogP contribution in [-0.2, 0) is 68.6 Å². The summed E-state index contributed by atoms with van der Waals surface area (Å²) < 4.78 is 31.7. The Morgan fingerprint density at radius 3 is 1.26 bits per heavy atom. The van der Waals surface area contributed by atoms with E-state index in [1.54, 1.807) is 79.1 Å². The molecule has 101 heavy (non-hydrogen) atoms. The molecule has 4 heterocycles. The second kappa shape index (κ2) is 36.4. The van der Waals surface area contributed by atoms with Crippen LogP contribution in [0.5, 0.6) is 0 Å². The lowest BCUT2D eigenvalue weighted by molar-refractivity contribution is 0.0481. The first-order chi connectivity index (χ1) is 46.7. The number of amides is 6. The largest absolute Gasteiger partial charge is 0.478 e. The maximum absolute atomic E-state index is 12.6. The Hall–Kier alpha value is -9.26. The number of carboxylic acid groups (broad SMARTS) is 1. The van der Waals surface area contributed by atoms with E-state index in [1.165, 1.54) is 66.4 Å². The van der Waals surface area contributed by atoms with E-state index in [4.69, 9.17) is 33.9 Å². The second-order valence-electron chi connectivity index (χ2n) is 28.4. The fourth-order valence-corrected chi connectivity index (χ4v) is 12.0. The van der Waals surface area contributed by atoms with Gasteiger partial charge in [-0.3, -0.25) is 35.1 Å². The average Bonchev–Trinajstić information content (AvgIpc) is 1.29. The topological polar surface area (TPSA) is 314 Å². The normalized spacial score (nSPS) is 14.1. The number of nitrogens with one attached hydrogen (secondary N) is 3. The minimum Gasteiger partial charge on any atom is -0.478 e. The molecule has 0 saturated heterocycles. The predicted octanol–water partition coefficient (Wildman–Crippen LogP) is 14.7. The van der Waals surface area contributed by atoms with Crippen molar-refractivity contribution in [1.82, 2.24) is 26.5 Å². The number of carboxylic acids is 1. The van der Waals surface area contributed by atoms with Crippen LogP contribution in [0.25, 0.3) is 11.5 Å². The zero-order valence-electron chi connectivity index (χ0n) is 60.5. The van der Waals surface area contributed by atoms with Crippen LogP contribution in [0.2, 0.25) is 0 Å². The zero-order valence-corrected chi connectivity index (χ0v) is 62.1. The first-order valence-corrected chi connectivity index (χ1v) is 33.7. The summed E-state index contributed by atoms with van der Waals surface area (Å²) in [6.07, 6.45) is 11.6. The Bertz CT molecular complexity index is 3900. The van der Waals surface area contributed by atoms with Crippen molar-refractivity contribution in [2.75, 3.05) is 41.4 Å². The molecule has 3 aliphatic heterocycles. The highest BCUT2D eigenvalue weighted by molar-refractivity contribution is 6.01. The molecule has 5 aromatic carbocycles. The minimum absolute atomic E-state index is 0. The molecule has 26 heteroatoms. The number of anilines is 3. The van der Waals surface area contributed by atoms with Crippen LogP contribution in [0.3, 0.4) is 0 Å². The lowest BCUT2D eigenvalue weighted by Gasteiger charge is -2.32. The number of hydrazine groups is 2. The third-order valence-electron chi connectivity index (χ3n) is 16.1. The number of rotatable bonds is 5. The van der Waals surface area contributed by atoms with Gasteiger partial charge in [0.15, 0.2) is 0 Å². The van der Waals surface area contributed by atoms with Gasteiger partial charge in [0.1, 0.15) is 22.4 Å². The van der Waals surface area contributed by atoms with Crippen molar-refractivity contribution in [1.29, 1.82) is 0 Å². The molecule has 0 radical (unpaired) electrons. The van der Waals surface area contributed by atoms with Crippen LogP contribution in [0.1, 0.15) is 214 Å². The Kier molecular flexibility index (Phi) is 29.7. The van der Waals surface area contributed by atoms with Crippen LogP contribution in [-0.4, -0.2) is 113 Å². The van der Waals surface area contributed by atoms with Crippen LogP contribution in [0, 0.1) is 6.92 Å². The van der Waals surface area contributed by atoms with Gasteiger partial charge in [-0.2, -0.15) is 0 Å². The molecule has 0 bridgehead atoms. The van der Waals surface area contributed by atoms with E-state index in [9.17, 15) is 43.5 Å². The van der Waals surface area contributed by atoms with Crippen molar-refractivity contribution in [2.24, 2.45) is 5.84 Å². The quantitative estimate of drug-likeness (QED) is 0.0352. The van der Waals surface area contributed by atoms with E-state index in [2.05, 4.69) is 50.7 Å². The highest BCUT2D eigenvalue weighted by Gasteiger charge is 2.33. The van der Waals surface area contributed by atoms with Gasteiger partial charge in [-0.25, -0.2) is 40.0 Å². The van der Waals surface area contributed by atoms with Crippen molar-refractivity contribution >= 4 is 90.0 Å². The number of aryl methyl sites for hydroxylation is 3. The number of carbonyl (C=O) groups is 8. The lowest BCUT2D eigenvalue weighted by atomic mass is 9.88. The standard InChI is InChI=1S/C20H29N3O5.C16H21NO4.C15H19NO4.C13H14N2O.C11H14N2O.2ClH/c1-19(2,3)27-17(25)22-21-16(24)14-9-7-11-15-13(14)10-8-12-23(15)18(26)28-20(4,5)6;1-16(2,3)21-15(19)17-10-6-8-11-12(14(18)20-4)7-5-9-13(11)17;1-15(2,3)20-14(19)16-9-5-7-10-11(13(17)18)6-4-8-12(10)16;1-9-14-15-13(16-9)12-8-4-6-10-5-2-3-7-11(10)12;12-13-11(14)10-7-3-5-8-4-1-2-6-9(8)10;;/h7,9,11H,8,10,12H2,1-6H3,(H,21,24)(H,22,25);5,7,9H,6,8,10H2,1-4H3;4,6,8H,5,7,9H2,1-3H3,(H,17,18);4,6,8H,2-3,5,7H2,1H3;3,5,7H,1-2,4,6,12H2,(H,13,14);2*1H. The second-order valence-corrected chi connectivity index (χ2v) is 28.4. The summed E-state index contributed by atoms with van der Waals surface area (Å²) in [7, 11) is 1.36. The van der Waals surface area contributed by atoms with Crippen molar-refractivity contribution in [3.05, 3.63) is 158 Å². The van der Waals surface area contributed by atoms with Gasteiger partial charge in [0.25, 0.3) is 11.8 Å². The molecule has 0 atom stereocenters. The number of methoxy groups -OCH3 is 1. The molecule has 11 rings (SSSR count). The number of benzene rings is 5. The molecular weight excluding hydrogens is 1340 g/mol. The van der Waals surface area contributed by atoms with E-state index in [0.717, 1.165) is 66.5 Å². The number of nitrogen functional groups attached to an aromatic ring is 1. The fraction of sp³-hybridized carbons (Fsp3) is 0.467. The first kappa shape index (κ1) is 82.4. The van der Waals surface area contributed by atoms with E-state index in [1.807, 2.05) is 87.4 Å². The van der Waals surface area contributed by atoms with Gasteiger partial charge in [0.2, 0.25) is 11.8 Å². The number of hydrogen-bond acceptors (Lipinski definition) is 17. The number of nitrogens with zero attached hydrogens (tertiary/aromatic N) is 5. The van der Waals surface area contributed by atoms with E-state index in [-0.39, 0.29) is 48.3 Å². The van der Waals surface area contributed by atoms with Crippen molar-refractivity contribution in [3.8, 4) is 11.5 Å². The SMILES string of the molecule is CC(C)(C)OC(=O)N1CCCc2c(C(=O)O)cccc21.CC(C)(C)OC(=O)NNC(=O)c1cccc2c1CCCN2C(=O)OC(C)(C)C.COC(=O)c1cccc2c1CCCN2C(=O)OC(C)(C)C.Cc1nnc(-c2cccc3c2CCCC3)o1.Cl.Cl.NNC(=O)c1cccc2c1CCCC2. The summed E-state index contributed by atoms with van der Waals surface area (Å²) in [5.41, 5.74) is 17.1. The molecule has 0 spiro atoms. The smallest absolute Gasteiger partial charge is 0.426 e. The number of aromatic carboxylic acids is 1. The molecule has 5 aliphatic rings. The number of esters is 1. The number of hydrogen-bond donors (Lipinski definition) is 5. The van der Waals surface area contributed by atoms with Gasteiger partial charge >= 0.3 is 36.3 Å². The molecule has 6 N–H and O–H groups in total. The molecule has 24 nitrogen and oxygen atoms in total. The van der Waals surface area contributed by atoms with Crippen LogP contribution in [0.15, 0.2) is 95.4 Å². The Balaban J connectivity index is 0.000000230. The number of ether oxygens (including phenoxy) is 5.